The maximum Gasteiger partial charge on any atom is 0.174 e. The van der Waals surface area contributed by atoms with E-state index in [9.17, 15) is 5.26 Å². The summed E-state index contributed by atoms with van der Waals surface area (Å²) in [5, 5.41) is 15.2. The van der Waals surface area contributed by atoms with Crippen LogP contribution in [-0.4, -0.2) is 55.7 Å². The lowest BCUT2D eigenvalue weighted by Gasteiger charge is -2.35. The summed E-state index contributed by atoms with van der Waals surface area (Å²) in [5.41, 5.74) is 0.934. The van der Waals surface area contributed by atoms with E-state index in [4.69, 9.17) is 4.74 Å². The number of nitrogens with zero attached hydrogens (tertiary/aromatic N) is 3. The first-order valence-corrected chi connectivity index (χ1v) is 12.4. The van der Waals surface area contributed by atoms with E-state index in [0.717, 1.165) is 63.8 Å². The molecule has 0 amide bonds. The van der Waals surface area contributed by atoms with Crippen LogP contribution in [0.5, 0.6) is 5.06 Å². The first kappa shape index (κ1) is 22.3. The molecule has 0 saturated carbocycles. The maximum atomic E-state index is 9.98. The zero-order valence-electron chi connectivity index (χ0n) is 17.9. The molecule has 3 heterocycles. The van der Waals surface area contributed by atoms with E-state index < -0.39 is 0 Å². The van der Waals surface area contributed by atoms with Crippen LogP contribution in [0.25, 0.3) is 0 Å². The Bertz CT molecular complexity index is 772. The Labute approximate surface area is 183 Å². The molecule has 0 bridgehead atoms. The molecule has 1 atom stereocenters. The summed E-state index contributed by atoms with van der Waals surface area (Å²) in [6.07, 6.45) is 2.01. The van der Waals surface area contributed by atoms with Crippen molar-refractivity contribution in [3.8, 4) is 11.1 Å². The number of nitriles is 1. The molecule has 1 fully saturated rings. The lowest BCUT2D eigenvalue weighted by molar-refractivity contribution is 0.114. The van der Waals surface area contributed by atoms with Crippen LogP contribution in [0.15, 0.2) is 29.0 Å². The van der Waals surface area contributed by atoms with Gasteiger partial charge in [0.05, 0.1) is 11.5 Å². The van der Waals surface area contributed by atoms with Gasteiger partial charge in [-0.25, -0.2) is 0 Å². The summed E-state index contributed by atoms with van der Waals surface area (Å²) >= 11 is 3.40. The van der Waals surface area contributed by atoms with Gasteiger partial charge in [-0.15, -0.1) is 22.7 Å². The minimum atomic E-state index is -0.340. The number of hydrogen-bond donors (Lipinski definition) is 0. The summed E-state index contributed by atoms with van der Waals surface area (Å²) in [7, 11) is 0. The van der Waals surface area contributed by atoms with E-state index in [1.807, 2.05) is 0 Å². The predicted octanol–water partition coefficient (Wildman–Crippen LogP) is 5.01. The molecule has 6 heteroatoms. The lowest BCUT2D eigenvalue weighted by Crippen LogP contribution is -2.47. The summed E-state index contributed by atoms with van der Waals surface area (Å²) in [6.45, 7) is 13.7. The second kappa shape index (κ2) is 10.6. The Balaban J connectivity index is 1.38. The van der Waals surface area contributed by atoms with Gasteiger partial charge in [-0.2, -0.15) is 5.26 Å². The molecule has 2 aromatic heterocycles. The van der Waals surface area contributed by atoms with E-state index in [1.165, 1.54) is 10.4 Å². The fraction of sp³-hybridized carbons (Fsp3) is 0.609. The Morgan fingerprint density at radius 1 is 1.17 bits per heavy atom. The minimum Gasteiger partial charge on any atom is -0.483 e. The second-order valence-electron chi connectivity index (χ2n) is 8.29. The predicted molar refractivity (Wildman–Crippen MR) is 123 cm³/mol. The standard InChI is InChI=1S/C23H33N3OS2/c1-19(2)23(18-24,21-6-4-15-28-21)7-5-8-25-9-11-26(12-10-25)13-14-27-22-16-20(3)17-29-22/h4,6,15-17,19H,5,7-14H2,1-3H3. The smallest absolute Gasteiger partial charge is 0.174 e. The van der Waals surface area contributed by atoms with E-state index in [2.05, 4.69) is 65.6 Å². The van der Waals surface area contributed by atoms with Crippen molar-refractivity contribution in [3.05, 3.63) is 39.4 Å². The van der Waals surface area contributed by atoms with Crippen molar-refractivity contribution in [2.24, 2.45) is 5.92 Å². The third-order valence-electron chi connectivity index (χ3n) is 6.01. The van der Waals surface area contributed by atoms with Crippen LogP contribution in [-0.2, 0) is 5.41 Å². The van der Waals surface area contributed by atoms with Crippen molar-refractivity contribution in [2.75, 3.05) is 45.9 Å². The van der Waals surface area contributed by atoms with Crippen LogP contribution >= 0.6 is 22.7 Å². The van der Waals surface area contributed by atoms with Crippen molar-refractivity contribution in [1.29, 1.82) is 5.26 Å². The van der Waals surface area contributed by atoms with Gasteiger partial charge >= 0.3 is 0 Å². The van der Waals surface area contributed by atoms with Gasteiger partial charge in [-0.1, -0.05) is 19.9 Å². The molecule has 1 aliphatic heterocycles. The first-order chi connectivity index (χ1) is 14.0. The molecule has 158 valence electrons. The largest absolute Gasteiger partial charge is 0.483 e. The molecule has 0 aliphatic carbocycles. The summed E-state index contributed by atoms with van der Waals surface area (Å²) in [6, 6.07) is 8.98. The fourth-order valence-corrected chi connectivity index (χ4v) is 5.87. The molecule has 2 aromatic rings. The van der Waals surface area contributed by atoms with Crippen LogP contribution in [0.3, 0.4) is 0 Å². The highest BCUT2D eigenvalue weighted by atomic mass is 32.1. The SMILES string of the molecule is Cc1csc(OCCN2CCN(CCCC(C#N)(c3cccs3)C(C)C)CC2)c1. The molecule has 0 aromatic carbocycles. The van der Waals surface area contributed by atoms with E-state index in [1.54, 1.807) is 22.7 Å². The Morgan fingerprint density at radius 2 is 1.90 bits per heavy atom. The van der Waals surface area contributed by atoms with Crippen molar-refractivity contribution in [1.82, 2.24) is 9.80 Å². The average Bonchev–Trinajstić information content (AvgIpc) is 3.39. The second-order valence-corrected chi connectivity index (χ2v) is 10.1. The molecule has 1 unspecified atom stereocenters. The zero-order chi connectivity index (χ0) is 20.7. The maximum absolute atomic E-state index is 9.98. The van der Waals surface area contributed by atoms with Crippen molar-refractivity contribution < 1.29 is 4.74 Å². The van der Waals surface area contributed by atoms with E-state index in [0.29, 0.717) is 5.92 Å². The molecule has 0 radical (unpaired) electrons. The highest BCUT2D eigenvalue weighted by Crippen LogP contribution is 2.39. The monoisotopic (exact) mass is 431 g/mol. The topological polar surface area (TPSA) is 39.5 Å². The average molecular weight is 432 g/mol. The van der Waals surface area contributed by atoms with Crippen molar-refractivity contribution >= 4 is 22.7 Å². The van der Waals surface area contributed by atoms with Crippen LogP contribution in [0, 0.1) is 24.2 Å². The normalized spacial score (nSPS) is 17.9. The molecule has 1 saturated heterocycles. The molecular weight excluding hydrogens is 398 g/mol. The van der Waals surface area contributed by atoms with Crippen LogP contribution in [0.1, 0.15) is 37.1 Å². The lowest BCUT2D eigenvalue weighted by atomic mass is 9.73. The van der Waals surface area contributed by atoms with Crippen molar-refractivity contribution in [2.45, 2.75) is 39.0 Å². The number of piperazine rings is 1. The molecule has 1 aliphatic rings. The van der Waals surface area contributed by atoms with Gasteiger partial charge in [0, 0.05) is 37.6 Å². The van der Waals surface area contributed by atoms with E-state index >= 15 is 0 Å². The molecule has 29 heavy (non-hydrogen) atoms. The van der Waals surface area contributed by atoms with Crippen molar-refractivity contribution in [3.63, 3.8) is 0 Å². The summed E-state index contributed by atoms with van der Waals surface area (Å²) in [4.78, 5) is 6.27. The number of aryl methyl sites for hydroxylation is 1. The van der Waals surface area contributed by atoms with Gasteiger partial charge < -0.3 is 9.64 Å². The Morgan fingerprint density at radius 3 is 2.45 bits per heavy atom. The summed E-state index contributed by atoms with van der Waals surface area (Å²) in [5.74, 6) is 0.329. The number of thiophene rings is 2. The first-order valence-electron chi connectivity index (χ1n) is 10.6. The quantitative estimate of drug-likeness (QED) is 0.530. The summed E-state index contributed by atoms with van der Waals surface area (Å²) < 4.78 is 5.86. The van der Waals surface area contributed by atoms with Gasteiger partial charge in [0.15, 0.2) is 5.06 Å². The highest BCUT2D eigenvalue weighted by molar-refractivity contribution is 7.12. The molecular formula is C23H33N3OS2. The molecule has 0 N–H and O–H groups in total. The fourth-order valence-electron chi connectivity index (χ4n) is 4.04. The van der Waals surface area contributed by atoms with Gasteiger partial charge in [-0.3, -0.25) is 4.90 Å². The molecule has 0 spiro atoms. The zero-order valence-corrected chi connectivity index (χ0v) is 19.5. The third kappa shape index (κ3) is 5.82. The van der Waals surface area contributed by atoms with Crippen LogP contribution in [0.2, 0.25) is 0 Å². The van der Waals surface area contributed by atoms with Gasteiger partial charge in [0.2, 0.25) is 0 Å². The van der Waals surface area contributed by atoms with Crippen LogP contribution in [0.4, 0.5) is 0 Å². The van der Waals surface area contributed by atoms with Gasteiger partial charge in [0.1, 0.15) is 6.61 Å². The molecule has 4 nitrogen and oxygen atoms in total. The van der Waals surface area contributed by atoms with E-state index in [-0.39, 0.29) is 5.41 Å². The Kier molecular flexibility index (Phi) is 8.14. The number of ether oxygens (including phenoxy) is 1. The minimum absolute atomic E-state index is 0.329. The van der Waals surface area contributed by atoms with Gasteiger partial charge in [-0.05, 0) is 60.7 Å². The highest BCUT2D eigenvalue weighted by Gasteiger charge is 2.36. The third-order valence-corrected chi connectivity index (χ3v) is 8.02. The number of rotatable bonds is 10. The van der Waals surface area contributed by atoms with Gasteiger partial charge in [0.25, 0.3) is 0 Å². The van der Waals surface area contributed by atoms with Crippen LogP contribution < -0.4 is 4.74 Å². The number of hydrogen-bond acceptors (Lipinski definition) is 6. The Hall–Kier alpha value is -1.39. The molecule has 3 rings (SSSR count).